The number of thiol groups is 1. The number of carbonyl (C=O) groups is 1. The van der Waals surface area contributed by atoms with E-state index in [1.165, 1.54) is 0 Å². The van der Waals surface area contributed by atoms with Gasteiger partial charge in [-0.05, 0) is 6.92 Å². The average Bonchev–Trinajstić information content (AvgIpc) is 1.27. The van der Waals surface area contributed by atoms with E-state index in [0.717, 1.165) is 0 Å². The van der Waals surface area contributed by atoms with Crippen LogP contribution >= 0.6 is 12.6 Å². The van der Waals surface area contributed by atoms with E-state index in [4.69, 9.17) is 5.11 Å². The number of amides is 1. The first-order valence-corrected chi connectivity index (χ1v) is 2.32. The van der Waals surface area contributed by atoms with Crippen LogP contribution in [0, 0.1) is 0 Å². The smallest absolute Gasteiger partial charge is 0.405 e. The van der Waals surface area contributed by atoms with Crippen LogP contribution in [0.2, 0.25) is 0 Å². The molecule has 0 aliphatic rings. The number of rotatable bonds is 1. The van der Waals surface area contributed by atoms with Crippen LogP contribution in [0.1, 0.15) is 6.92 Å². The van der Waals surface area contributed by atoms with Crippen molar-refractivity contribution in [1.29, 1.82) is 0 Å². The summed E-state index contributed by atoms with van der Waals surface area (Å²) >= 11 is 3.75. The largest absolute Gasteiger partial charge is 0.465 e. The lowest BCUT2D eigenvalue weighted by atomic mass is 10.7. The van der Waals surface area contributed by atoms with E-state index >= 15 is 0 Å². The number of hydrogen-bond acceptors (Lipinski definition) is 2. The standard InChI is InChI=1S/C3H7NO2S/c1-2(7)4-3(5)6/h2,4,7H,1H3,(H,5,6). The summed E-state index contributed by atoms with van der Waals surface area (Å²) in [6.45, 7) is 1.64. The predicted molar refractivity (Wildman–Crippen MR) is 29.6 cm³/mol. The maximum atomic E-state index is 9.65. The lowest BCUT2D eigenvalue weighted by Crippen LogP contribution is -2.26. The monoisotopic (exact) mass is 121 g/mol. The van der Waals surface area contributed by atoms with Crippen LogP contribution in [0.4, 0.5) is 4.79 Å². The average molecular weight is 121 g/mol. The van der Waals surface area contributed by atoms with E-state index in [0.29, 0.717) is 0 Å². The lowest BCUT2D eigenvalue weighted by Gasteiger charge is -1.99. The Hall–Kier alpha value is -0.380. The van der Waals surface area contributed by atoms with E-state index < -0.39 is 6.09 Å². The normalized spacial score (nSPS) is 12.9. The van der Waals surface area contributed by atoms with Crippen molar-refractivity contribution in [2.45, 2.75) is 12.3 Å². The van der Waals surface area contributed by atoms with Gasteiger partial charge in [0.15, 0.2) is 0 Å². The molecule has 0 saturated carbocycles. The quantitative estimate of drug-likeness (QED) is 0.350. The summed E-state index contributed by atoms with van der Waals surface area (Å²) in [7, 11) is 0. The van der Waals surface area contributed by atoms with Gasteiger partial charge in [-0.15, -0.1) is 0 Å². The van der Waals surface area contributed by atoms with Gasteiger partial charge in [0.2, 0.25) is 0 Å². The third kappa shape index (κ3) is 5.62. The van der Waals surface area contributed by atoms with Gasteiger partial charge >= 0.3 is 6.09 Å². The zero-order valence-corrected chi connectivity index (χ0v) is 4.77. The summed E-state index contributed by atoms with van der Waals surface area (Å²) in [6, 6.07) is 0. The van der Waals surface area contributed by atoms with Crippen LogP contribution < -0.4 is 5.32 Å². The Morgan fingerprint density at radius 3 is 2.43 bits per heavy atom. The second-order valence-corrected chi connectivity index (χ2v) is 1.90. The molecule has 2 N–H and O–H groups in total. The first kappa shape index (κ1) is 6.62. The zero-order valence-electron chi connectivity index (χ0n) is 3.88. The molecule has 0 bridgehead atoms. The molecule has 0 aliphatic carbocycles. The Kier molecular flexibility index (Phi) is 2.59. The molecule has 4 heteroatoms. The molecule has 7 heavy (non-hydrogen) atoms. The lowest BCUT2D eigenvalue weighted by molar-refractivity contribution is 0.194. The fraction of sp³-hybridized carbons (Fsp3) is 0.667. The first-order chi connectivity index (χ1) is 3.13. The van der Waals surface area contributed by atoms with Crippen molar-refractivity contribution in [2.75, 3.05) is 0 Å². The molecule has 0 fully saturated rings. The molecule has 1 atom stereocenters. The van der Waals surface area contributed by atoms with E-state index in [2.05, 4.69) is 17.9 Å². The number of hydrogen-bond donors (Lipinski definition) is 3. The highest BCUT2D eigenvalue weighted by Crippen LogP contribution is 1.82. The van der Waals surface area contributed by atoms with Crippen molar-refractivity contribution in [2.24, 2.45) is 0 Å². The van der Waals surface area contributed by atoms with Crippen molar-refractivity contribution in [3.8, 4) is 0 Å². The van der Waals surface area contributed by atoms with Gasteiger partial charge in [-0.3, -0.25) is 0 Å². The molecule has 0 radical (unpaired) electrons. The van der Waals surface area contributed by atoms with Crippen LogP contribution in [0.25, 0.3) is 0 Å². The molecule has 0 heterocycles. The summed E-state index contributed by atoms with van der Waals surface area (Å²) in [6.07, 6.45) is -1.04. The summed E-state index contributed by atoms with van der Waals surface area (Å²) in [5.41, 5.74) is 0. The molecule has 0 aromatic heterocycles. The highest BCUT2D eigenvalue weighted by atomic mass is 32.1. The zero-order chi connectivity index (χ0) is 5.86. The molecule has 42 valence electrons. The van der Waals surface area contributed by atoms with Gasteiger partial charge in [-0.1, -0.05) is 0 Å². The van der Waals surface area contributed by atoms with Crippen molar-refractivity contribution >= 4 is 18.7 Å². The molecule has 0 aromatic rings. The summed E-state index contributed by atoms with van der Waals surface area (Å²) in [4.78, 5) is 9.65. The third-order valence-electron chi connectivity index (χ3n) is 0.332. The van der Waals surface area contributed by atoms with Gasteiger partial charge in [0.05, 0.1) is 5.37 Å². The van der Waals surface area contributed by atoms with Crippen LogP contribution in [0.3, 0.4) is 0 Å². The van der Waals surface area contributed by atoms with Crippen LogP contribution in [-0.2, 0) is 0 Å². The van der Waals surface area contributed by atoms with Crippen LogP contribution in [0.15, 0.2) is 0 Å². The fourth-order valence-corrected chi connectivity index (χ4v) is 0.289. The first-order valence-electron chi connectivity index (χ1n) is 1.80. The molecule has 0 spiro atoms. The molecule has 1 unspecified atom stereocenters. The second kappa shape index (κ2) is 2.74. The van der Waals surface area contributed by atoms with E-state index in [-0.39, 0.29) is 5.37 Å². The highest BCUT2D eigenvalue weighted by molar-refractivity contribution is 7.80. The van der Waals surface area contributed by atoms with E-state index in [1.54, 1.807) is 6.92 Å². The Morgan fingerprint density at radius 2 is 2.43 bits per heavy atom. The summed E-state index contributed by atoms with van der Waals surface area (Å²) in [5.74, 6) is 0. The maximum Gasteiger partial charge on any atom is 0.405 e. The van der Waals surface area contributed by atoms with Gasteiger partial charge < -0.3 is 10.4 Å². The maximum absolute atomic E-state index is 9.65. The molecular formula is C3H7NO2S. The third-order valence-corrected chi connectivity index (χ3v) is 0.461. The van der Waals surface area contributed by atoms with Gasteiger partial charge in [0, 0.05) is 0 Å². The van der Waals surface area contributed by atoms with Crippen LogP contribution in [-0.4, -0.2) is 16.6 Å². The minimum Gasteiger partial charge on any atom is -0.465 e. The minimum absolute atomic E-state index is 0.280. The highest BCUT2D eigenvalue weighted by Gasteiger charge is 1.94. The number of nitrogens with one attached hydrogen (secondary N) is 1. The van der Waals surface area contributed by atoms with Gasteiger partial charge in [-0.2, -0.15) is 12.6 Å². The molecule has 1 amide bonds. The van der Waals surface area contributed by atoms with Crippen LogP contribution in [0.5, 0.6) is 0 Å². The molecule has 0 aromatic carbocycles. The predicted octanol–water partition coefficient (Wildman–Crippen LogP) is 0.530. The molecular weight excluding hydrogens is 114 g/mol. The van der Waals surface area contributed by atoms with E-state index in [9.17, 15) is 4.79 Å². The molecule has 0 aliphatic heterocycles. The van der Waals surface area contributed by atoms with Gasteiger partial charge in [-0.25, -0.2) is 4.79 Å². The van der Waals surface area contributed by atoms with Crippen molar-refractivity contribution in [3.63, 3.8) is 0 Å². The SMILES string of the molecule is CC(S)NC(=O)O. The van der Waals surface area contributed by atoms with Crippen molar-refractivity contribution < 1.29 is 9.90 Å². The molecule has 3 nitrogen and oxygen atoms in total. The van der Waals surface area contributed by atoms with Crippen molar-refractivity contribution in [3.05, 3.63) is 0 Å². The summed E-state index contributed by atoms with van der Waals surface area (Å²) < 4.78 is 0. The Labute approximate surface area is 47.1 Å². The van der Waals surface area contributed by atoms with E-state index in [1.807, 2.05) is 0 Å². The fourth-order valence-electron chi connectivity index (χ4n) is 0.179. The van der Waals surface area contributed by atoms with Crippen molar-refractivity contribution in [1.82, 2.24) is 5.32 Å². The molecule has 0 saturated heterocycles. The Balaban J connectivity index is 3.13. The minimum atomic E-state index is -1.04. The molecule has 0 rings (SSSR count). The second-order valence-electron chi connectivity index (χ2n) is 1.13. The topological polar surface area (TPSA) is 49.3 Å². The van der Waals surface area contributed by atoms with Gasteiger partial charge in [0.1, 0.15) is 0 Å². The Bertz CT molecular complexity index is 73.3. The summed E-state index contributed by atoms with van der Waals surface area (Å²) in [5, 5.41) is 9.73. The Morgan fingerprint density at radius 1 is 2.00 bits per heavy atom. The number of carboxylic acid groups (broad SMARTS) is 1. The van der Waals surface area contributed by atoms with Gasteiger partial charge in [0.25, 0.3) is 0 Å².